The molecule has 3 rings (SSSR count). The number of halogens is 1. The second-order valence-electron chi connectivity index (χ2n) is 7.04. The van der Waals surface area contributed by atoms with E-state index >= 15 is 0 Å². The summed E-state index contributed by atoms with van der Waals surface area (Å²) in [6.07, 6.45) is 4.41. The topological polar surface area (TPSA) is 66.5 Å². The fourth-order valence-corrected chi connectivity index (χ4v) is 4.99. The standard InChI is InChI=1S/C21H25ClN2O3S/c1-2-24(28(26,27)20-13-11-18(22)12-14-20)15-16-7-9-17(10-8-16)21(25)23-19-5-3-4-6-19/h7-14,19H,2-6,15H2,1H3,(H,23,25). The summed E-state index contributed by atoms with van der Waals surface area (Å²) in [5, 5.41) is 3.55. The van der Waals surface area contributed by atoms with Gasteiger partial charge in [-0.25, -0.2) is 8.42 Å². The Kier molecular flexibility index (Phi) is 6.75. The van der Waals surface area contributed by atoms with Gasteiger partial charge in [0.2, 0.25) is 10.0 Å². The molecule has 150 valence electrons. The van der Waals surface area contributed by atoms with Crippen molar-refractivity contribution in [2.45, 2.75) is 50.1 Å². The molecule has 0 atom stereocenters. The fourth-order valence-electron chi connectivity index (χ4n) is 3.43. The molecule has 1 amide bonds. The summed E-state index contributed by atoms with van der Waals surface area (Å²) < 4.78 is 27.1. The van der Waals surface area contributed by atoms with Crippen molar-refractivity contribution in [3.05, 3.63) is 64.7 Å². The molecule has 5 nitrogen and oxygen atoms in total. The van der Waals surface area contributed by atoms with E-state index in [9.17, 15) is 13.2 Å². The molecule has 1 fully saturated rings. The molecule has 0 unspecified atom stereocenters. The van der Waals surface area contributed by atoms with Crippen LogP contribution in [0.5, 0.6) is 0 Å². The second kappa shape index (κ2) is 9.07. The number of sulfonamides is 1. The normalized spacial score (nSPS) is 15.1. The summed E-state index contributed by atoms with van der Waals surface area (Å²) in [5.74, 6) is -0.0698. The molecule has 28 heavy (non-hydrogen) atoms. The van der Waals surface area contributed by atoms with Gasteiger partial charge < -0.3 is 5.32 Å². The molecule has 0 spiro atoms. The molecule has 2 aromatic rings. The van der Waals surface area contributed by atoms with Crippen LogP contribution in [0.3, 0.4) is 0 Å². The fraction of sp³-hybridized carbons (Fsp3) is 0.381. The van der Waals surface area contributed by atoms with Crippen LogP contribution in [0, 0.1) is 0 Å². The van der Waals surface area contributed by atoms with Crippen molar-refractivity contribution in [2.24, 2.45) is 0 Å². The number of nitrogens with zero attached hydrogens (tertiary/aromatic N) is 1. The number of rotatable bonds is 7. The Hall–Kier alpha value is -1.89. The highest BCUT2D eigenvalue weighted by Gasteiger charge is 2.23. The number of carbonyl (C=O) groups is 1. The van der Waals surface area contributed by atoms with E-state index in [0.717, 1.165) is 18.4 Å². The van der Waals surface area contributed by atoms with E-state index in [1.54, 1.807) is 31.2 Å². The van der Waals surface area contributed by atoms with E-state index in [4.69, 9.17) is 11.6 Å². The molecule has 0 heterocycles. The van der Waals surface area contributed by atoms with Crippen LogP contribution >= 0.6 is 11.6 Å². The smallest absolute Gasteiger partial charge is 0.251 e. The van der Waals surface area contributed by atoms with Crippen molar-refractivity contribution >= 4 is 27.5 Å². The lowest BCUT2D eigenvalue weighted by atomic mass is 10.1. The third-order valence-corrected chi connectivity index (χ3v) is 7.26. The van der Waals surface area contributed by atoms with Crippen molar-refractivity contribution in [3.8, 4) is 0 Å². The summed E-state index contributed by atoms with van der Waals surface area (Å²) in [4.78, 5) is 12.5. The largest absolute Gasteiger partial charge is 0.349 e. The van der Waals surface area contributed by atoms with E-state index in [-0.39, 0.29) is 23.4 Å². The molecule has 2 aromatic carbocycles. The summed E-state index contributed by atoms with van der Waals surface area (Å²) in [7, 11) is -3.61. The van der Waals surface area contributed by atoms with Gasteiger partial charge in [-0.1, -0.05) is 43.5 Å². The van der Waals surface area contributed by atoms with Gasteiger partial charge in [0.1, 0.15) is 0 Å². The third-order valence-electron chi connectivity index (χ3n) is 5.07. The summed E-state index contributed by atoms with van der Waals surface area (Å²) >= 11 is 5.86. The number of hydrogen-bond acceptors (Lipinski definition) is 3. The van der Waals surface area contributed by atoms with Crippen LogP contribution in [-0.4, -0.2) is 31.2 Å². The SMILES string of the molecule is CCN(Cc1ccc(C(=O)NC2CCCC2)cc1)S(=O)(=O)c1ccc(Cl)cc1. The van der Waals surface area contributed by atoms with Gasteiger partial charge in [-0.3, -0.25) is 4.79 Å². The molecule has 0 aromatic heterocycles. The summed E-state index contributed by atoms with van der Waals surface area (Å²) in [6, 6.07) is 13.6. The van der Waals surface area contributed by atoms with Gasteiger partial charge in [0.25, 0.3) is 5.91 Å². The van der Waals surface area contributed by atoms with Crippen LogP contribution in [0.15, 0.2) is 53.4 Å². The van der Waals surface area contributed by atoms with Crippen molar-refractivity contribution in [1.29, 1.82) is 0 Å². The van der Waals surface area contributed by atoms with E-state index in [0.29, 0.717) is 17.1 Å². The Balaban J connectivity index is 1.69. The lowest BCUT2D eigenvalue weighted by molar-refractivity contribution is 0.0938. The van der Waals surface area contributed by atoms with Gasteiger partial charge in [-0.15, -0.1) is 0 Å². The molecule has 0 bridgehead atoms. The maximum atomic E-state index is 12.9. The molecule has 0 aliphatic heterocycles. The van der Waals surface area contributed by atoms with Crippen molar-refractivity contribution in [2.75, 3.05) is 6.54 Å². The second-order valence-corrected chi connectivity index (χ2v) is 9.41. The number of hydrogen-bond donors (Lipinski definition) is 1. The van der Waals surface area contributed by atoms with Gasteiger partial charge >= 0.3 is 0 Å². The van der Waals surface area contributed by atoms with Crippen molar-refractivity contribution < 1.29 is 13.2 Å². The van der Waals surface area contributed by atoms with Gasteiger partial charge in [-0.05, 0) is 54.8 Å². The maximum absolute atomic E-state index is 12.9. The van der Waals surface area contributed by atoms with Crippen molar-refractivity contribution in [3.63, 3.8) is 0 Å². The number of amides is 1. The Morgan fingerprint density at radius 1 is 1.07 bits per heavy atom. The van der Waals surface area contributed by atoms with Crippen molar-refractivity contribution in [1.82, 2.24) is 9.62 Å². The van der Waals surface area contributed by atoms with Gasteiger partial charge in [-0.2, -0.15) is 4.31 Å². The minimum absolute atomic E-state index is 0.0698. The van der Waals surface area contributed by atoms with E-state index < -0.39 is 10.0 Å². The van der Waals surface area contributed by atoms with Crippen LogP contribution in [0.2, 0.25) is 5.02 Å². The lowest BCUT2D eigenvalue weighted by Gasteiger charge is -2.21. The number of carbonyl (C=O) groups excluding carboxylic acids is 1. The van der Waals surface area contributed by atoms with Crippen LogP contribution in [0.4, 0.5) is 0 Å². The first-order valence-corrected chi connectivity index (χ1v) is 11.4. The van der Waals surface area contributed by atoms with E-state index in [1.165, 1.54) is 29.3 Å². The average Bonchev–Trinajstić information content (AvgIpc) is 3.19. The zero-order valence-electron chi connectivity index (χ0n) is 15.9. The Labute approximate surface area is 171 Å². The first-order chi connectivity index (χ1) is 13.4. The quantitative estimate of drug-likeness (QED) is 0.729. The maximum Gasteiger partial charge on any atom is 0.251 e. The van der Waals surface area contributed by atoms with Crippen LogP contribution in [-0.2, 0) is 16.6 Å². The minimum atomic E-state index is -3.61. The first-order valence-electron chi connectivity index (χ1n) is 9.55. The monoisotopic (exact) mass is 420 g/mol. The van der Waals surface area contributed by atoms with Gasteiger partial charge in [0, 0.05) is 29.7 Å². The first kappa shape index (κ1) is 20.8. The van der Waals surface area contributed by atoms with Gasteiger partial charge in [0.15, 0.2) is 0 Å². The molecule has 0 radical (unpaired) electrons. The van der Waals surface area contributed by atoms with E-state index in [1.807, 2.05) is 12.1 Å². The Morgan fingerprint density at radius 3 is 2.25 bits per heavy atom. The average molecular weight is 421 g/mol. The molecular weight excluding hydrogens is 396 g/mol. The highest BCUT2D eigenvalue weighted by molar-refractivity contribution is 7.89. The van der Waals surface area contributed by atoms with Crippen LogP contribution in [0.25, 0.3) is 0 Å². The minimum Gasteiger partial charge on any atom is -0.349 e. The van der Waals surface area contributed by atoms with E-state index in [2.05, 4.69) is 5.32 Å². The number of nitrogens with one attached hydrogen (secondary N) is 1. The highest BCUT2D eigenvalue weighted by Crippen LogP contribution is 2.21. The predicted molar refractivity (Wildman–Crippen MR) is 111 cm³/mol. The third kappa shape index (κ3) is 4.93. The Bertz CT molecular complexity index is 906. The summed E-state index contributed by atoms with van der Waals surface area (Å²) in [6.45, 7) is 2.39. The molecule has 1 saturated carbocycles. The Morgan fingerprint density at radius 2 is 1.68 bits per heavy atom. The molecule has 0 saturated heterocycles. The molecular formula is C21H25ClN2O3S. The number of benzene rings is 2. The summed E-state index contributed by atoms with van der Waals surface area (Å²) in [5.41, 5.74) is 1.43. The van der Waals surface area contributed by atoms with Crippen LogP contribution < -0.4 is 5.32 Å². The zero-order chi connectivity index (χ0) is 20.1. The zero-order valence-corrected chi connectivity index (χ0v) is 17.5. The molecule has 1 aliphatic carbocycles. The van der Waals surface area contributed by atoms with Gasteiger partial charge in [0.05, 0.1) is 4.90 Å². The molecule has 7 heteroatoms. The highest BCUT2D eigenvalue weighted by atomic mass is 35.5. The lowest BCUT2D eigenvalue weighted by Crippen LogP contribution is -2.32. The predicted octanol–water partition coefficient (Wildman–Crippen LogP) is 4.22. The molecule has 1 aliphatic rings. The molecule has 1 N–H and O–H groups in total. The van der Waals surface area contributed by atoms with Crippen LogP contribution in [0.1, 0.15) is 48.5 Å².